The number of aryl methyl sites for hydroxylation is 1. The molecule has 1 aromatic rings. The molecule has 1 aliphatic rings. The first-order chi connectivity index (χ1) is 9.24. The molecule has 1 fully saturated rings. The van der Waals surface area contributed by atoms with Crippen molar-refractivity contribution in [3.8, 4) is 0 Å². The maximum Gasteiger partial charge on any atom is 0.193 e. The third kappa shape index (κ3) is 4.32. The lowest BCUT2D eigenvalue weighted by Crippen LogP contribution is -2.48. The van der Waals surface area contributed by atoms with Gasteiger partial charge in [-0.15, -0.1) is 24.0 Å². The van der Waals surface area contributed by atoms with Crippen LogP contribution in [-0.4, -0.2) is 65.6 Å². The van der Waals surface area contributed by atoms with E-state index in [-0.39, 0.29) is 36.7 Å². The Kier molecular flexibility index (Phi) is 7.24. The van der Waals surface area contributed by atoms with Gasteiger partial charge in [-0.2, -0.15) is 5.10 Å². The summed E-state index contributed by atoms with van der Waals surface area (Å²) < 4.78 is 7.55. The second-order valence-corrected chi connectivity index (χ2v) is 4.45. The smallest absolute Gasteiger partial charge is 0.193 e. The van der Waals surface area contributed by atoms with Gasteiger partial charge < -0.3 is 20.1 Å². The standard InChI is InChI=1S/C12H21N5O2.HI/c1-13-12(14-3-5-18)17-4-6-19-11(9-17)10-7-15-16(2)8-10;/h7-8,11,18H,3-6,9H2,1-2H3,(H,13,14);1H. The lowest BCUT2D eigenvalue weighted by atomic mass is 10.1. The molecule has 2 N–H and O–H groups in total. The highest BCUT2D eigenvalue weighted by Gasteiger charge is 2.24. The van der Waals surface area contributed by atoms with Crippen LogP contribution in [0.4, 0.5) is 0 Å². The van der Waals surface area contributed by atoms with Crippen molar-refractivity contribution < 1.29 is 9.84 Å². The second kappa shape index (κ2) is 8.42. The van der Waals surface area contributed by atoms with E-state index in [2.05, 4.69) is 20.3 Å². The number of nitrogens with zero attached hydrogens (tertiary/aromatic N) is 4. The zero-order chi connectivity index (χ0) is 13.7. The molecular weight excluding hydrogens is 373 g/mol. The number of aromatic nitrogens is 2. The largest absolute Gasteiger partial charge is 0.395 e. The van der Waals surface area contributed by atoms with Gasteiger partial charge in [-0.05, 0) is 0 Å². The summed E-state index contributed by atoms with van der Waals surface area (Å²) >= 11 is 0. The minimum Gasteiger partial charge on any atom is -0.395 e. The molecule has 0 aromatic carbocycles. The third-order valence-electron chi connectivity index (χ3n) is 3.07. The summed E-state index contributed by atoms with van der Waals surface area (Å²) in [5, 5.41) is 16.2. The third-order valence-corrected chi connectivity index (χ3v) is 3.07. The molecule has 2 heterocycles. The van der Waals surface area contributed by atoms with E-state index >= 15 is 0 Å². The molecule has 8 heteroatoms. The van der Waals surface area contributed by atoms with Crippen molar-refractivity contribution in [2.75, 3.05) is 39.9 Å². The first-order valence-corrected chi connectivity index (χ1v) is 6.41. The van der Waals surface area contributed by atoms with E-state index in [0.29, 0.717) is 13.2 Å². The van der Waals surface area contributed by atoms with Gasteiger partial charge in [0.2, 0.25) is 0 Å². The number of ether oxygens (including phenoxy) is 1. The molecule has 0 radical (unpaired) electrons. The Hall–Kier alpha value is -0.870. The number of guanidine groups is 1. The van der Waals surface area contributed by atoms with Crippen LogP contribution in [0.1, 0.15) is 11.7 Å². The topological polar surface area (TPSA) is 74.9 Å². The number of nitrogens with one attached hydrogen (secondary N) is 1. The summed E-state index contributed by atoms with van der Waals surface area (Å²) in [4.78, 5) is 6.36. The molecule has 0 aliphatic carbocycles. The Labute approximate surface area is 136 Å². The van der Waals surface area contributed by atoms with Gasteiger partial charge in [0.1, 0.15) is 6.10 Å². The van der Waals surface area contributed by atoms with Crippen LogP contribution < -0.4 is 5.32 Å². The first-order valence-electron chi connectivity index (χ1n) is 6.41. The number of hydrogen-bond acceptors (Lipinski definition) is 4. The summed E-state index contributed by atoms with van der Waals surface area (Å²) in [7, 11) is 3.64. The van der Waals surface area contributed by atoms with E-state index in [1.54, 1.807) is 11.7 Å². The molecule has 2 rings (SSSR count). The Morgan fingerprint density at radius 2 is 2.45 bits per heavy atom. The molecule has 1 unspecified atom stereocenters. The van der Waals surface area contributed by atoms with Gasteiger partial charge in [0.15, 0.2) is 5.96 Å². The van der Waals surface area contributed by atoms with Crippen molar-refractivity contribution in [2.24, 2.45) is 12.0 Å². The number of hydrogen-bond donors (Lipinski definition) is 2. The van der Waals surface area contributed by atoms with Crippen LogP contribution in [-0.2, 0) is 11.8 Å². The minimum absolute atomic E-state index is 0. The Morgan fingerprint density at radius 1 is 1.65 bits per heavy atom. The number of morpholine rings is 1. The van der Waals surface area contributed by atoms with Gasteiger partial charge in [-0.3, -0.25) is 9.67 Å². The molecule has 0 bridgehead atoms. The predicted molar refractivity (Wildman–Crippen MR) is 87.3 cm³/mol. The second-order valence-electron chi connectivity index (χ2n) is 4.45. The van der Waals surface area contributed by atoms with Gasteiger partial charge in [0, 0.05) is 38.9 Å². The van der Waals surface area contributed by atoms with Gasteiger partial charge in [-0.25, -0.2) is 0 Å². The maximum absolute atomic E-state index is 8.87. The Balaban J connectivity index is 0.00000200. The summed E-state index contributed by atoms with van der Waals surface area (Å²) in [6, 6.07) is 0. The highest BCUT2D eigenvalue weighted by Crippen LogP contribution is 2.21. The summed E-state index contributed by atoms with van der Waals surface area (Å²) in [6.45, 7) is 2.77. The molecule has 1 aliphatic heterocycles. The molecule has 114 valence electrons. The number of rotatable bonds is 3. The highest BCUT2D eigenvalue weighted by molar-refractivity contribution is 14.0. The molecule has 1 saturated heterocycles. The lowest BCUT2D eigenvalue weighted by molar-refractivity contribution is -0.00807. The zero-order valence-electron chi connectivity index (χ0n) is 11.8. The number of aliphatic hydroxyl groups is 1. The van der Waals surface area contributed by atoms with Crippen molar-refractivity contribution in [1.82, 2.24) is 20.0 Å². The highest BCUT2D eigenvalue weighted by atomic mass is 127. The monoisotopic (exact) mass is 395 g/mol. The summed E-state index contributed by atoms with van der Waals surface area (Å²) in [6.07, 6.45) is 3.81. The molecule has 0 spiro atoms. The number of aliphatic hydroxyl groups excluding tert-OH is 1. The summed E-state index contributed by atoms with van der Waals surface area (Å²) in [5.41, 5.74) is 1.07. The van der Waals surface area contributed by atoms with Gasteiger partial charge in [0.25, 0.3) is 0 Å². The number of aliphatic imine (C=N–C) groups is 1. The van der Waals surface area contributed by atoms with E-state index in [0.717, 1.165) is 24.6 Å². The fourth-order valence-electron chi connectivity index (χ4n) is 2.15. The SMILES string of the molecule is CN=C(NCCO)N1CCOC(c2cnn(C)c2)C1.I. The molecule has 1 atom stereocenters. The van der Waals surface area contributed by atoms with Crippen molar-refractivity contribution >= 4 is 29.9 Å². The number of halogens is 1. The van der Waals surface area contributed by atoms with Gasteiger partial charge in [0.05, 0.1) is 26.0 Å². The normalized spacial score (nSPS) is 19.6. The first kappa shape index (κ1) is 17.2. The predicted octanol–water partition coefficient (Wildman–Crippen LogP) is -0.0209. The van der Waals surface area contributed by atoms with Crippen LogP contribution in [0.25, 0.3) is 0 Å². The molecule has 20 heavy (non-hydrogen) atoms. The molecule has 0 amide bonds. The molecule has 0 saturated carbocycles. The average Bonchev–Trinajstić information content (AvgIpc) is 2.87. The molecular formula is C12H22IN5O2. The van der Waals surface area contributed by atoms with Crippen LogP contribution in [0.15, 0.2) is 17.4 Å². The van der Waals surface area contributed by atoms with E-state index in [9.17, 15) is 0 Å². The van der Waals surface area contributed by atoms with Crippen LogP contribution in [0, 0.1) is 0 Å². The van der Waals surface area contributed by atoms with E-state index in [1.807, 2.05) is 19.4 Å². The molecule has 7 nitrogen and oxygen atoms in total. The van der Waals surface area contributed by atoms with Gasteiger partial charge >= 0.3 is 0 Å². The van der Waals surface area contributed by atoms with Crippen molar-refractivity contribution in [1.29, 1.82) is 0 Å². The fraction of sp³-hybridized carbons (Fsp3) is 0.667. The van der Waals surface area contributed by atoms with E-state index < -0.39 is 0 Å². The van der Waals surface area contributed by atoms with Crippen molar-refractivity contribution in [2.45, 2.75) is 6.10 Å². The van der Waals surface area contributed by atoms with Crippen LogP contribution in [0.3, 0.4) is 0 Å². The maximum atomic E-state index is 8.87. The lowest BCUT2D eigenvalue weighted by Gasteiger charge is -2.34. The summed E-state index contributed by atoms with van der Waals surface area (Å²) in [5.74, 6) is 0.797. The van der Waals surface area contributed by atoms with E-state index in [4.69, 9.17) is 9.84 Å². The van der Waals surface area contributed by atoms with Crippen molar-refractivity contribution in [3.63, 3.8) is 0 Å². The zero-order valence-corrected chi connectivity index (χ0v) is 14.2. The van der Waals surface area contributed by atoms with Crippen LogP contribution in [0.2, 0.25) is 0 Å². The van der Waals surface area contributed by atoms with E-state index in [1.165, 1.54) is 0 Å². The Morgan fingerprint density at radius 3 is 3.05 bits per heavy atom. The fourth-order valence-corrected chi connectivity index (χ4v) is 2.15. The minimum atomic E-state index is 0. The molecule has 1 aromatic heterocycles. The van der Waals surface area contributed by atoms with Gasteiger partial charge in [-0.1, -0.05) is 0 Å². The quantitative estimate of drug-likeness (QED) is 0.428. The van der Waals surface area contributed by atoms with Crippen LogP contribution in [0.5, 0.6) is 0 Å². The van der Waals surface area contributed by atoms with Crippen molar-refractivity contribution in [3.05, 3.63) is 18.0 Å². The average molecular weight is 395 g/mol. The Bertz CT molecular complexity index is 437. The van der Waals surface area contributed by atoms with Crippen LogP contribution >= 0.6 is 24.0 Å².